The molecule has 11 nitrogen and oxygen atoms in total. The van der Waals surface area contributed by atoms with Crippen LogP contribution in [0, 0.1) is 14.9 Å². The summed E-state index contributed by atoms with van der Waals surface area (Å²) in [7, 11) is 0.628. The van der Waals surface area contributed by atoms with Gasteiger partial charge in [0.05, 0.1) is 26.0 Å². The molecule has 4 heterocycles. The predicted molar refractivity (Wildman–Crippen MR) is 265 cm³/mol. The summed E-state index contributed by atoms with van der Waals surface area (Å²) in [5, 5.41) is 4.59. The van der Waals surface area contributed by atoms with Crippen LogP contribution in [0.15, 0.2) is 33.5 Å². The Morgan fingerprint density at radius 2 is 1.24 bits per heavy atom. The minimum atomic E-state index is -0.278. The molecule has 0 atom stereocenters. The van der Waals surface area contributed by atoms with Crippen molar-refractivity contribution in [3.63, 3.8) is 0 Å². The van der Waals surface area contributed by atoms with E-state index in [0.29, 0.717) is 50.6 Å². The van der Waals surface area contributed by atoms with Crippen LogP contribution in [-0.2, 0) is 14.4 Å². The summed E-state index contributed by atoms with van der Waals surface area (Å²) in [6.45, 7) is 2.11. The van der Waals surface area contributed by atoms with Crippen molar-refractivity contribution in [1.82, 2.24) is 39.7 Å². The van der Waals surface area contributed by atoms with Crippen LogP contribution in [0.5, 0.6) is 0 Å². The standard InChI is InChI=1S/C10H10BrN5.C7H7BrClN3.C7H8ClN3.C2H5I.2CH3.5HI.2V/c11-7-8(6-2-3-6)14-10(15-9(7)12)16-5-1-4-13-16;8-4-5(3-1-2-3)11-7(9)12-6(4)10;8-7-10-5(4-1-2-4)3-6(9)11-7;1-2-3;;;;;;;;;/h1,4-6H,2-3H2,(H2,12,14,15);3H,1-2H2,(H2,10,11,12);3-4H,1-2H2,(H2,9,10,11);2H2,1H3;2*1H3;5*1H;;/q;;;;2*-1;;;;;;+2;+3/p-5. The fourth-order valence-electron chi connectivity index (χ4n) is 3.71. The Bertz CT molecular complexity index is 1570. The molecule has 4 aromatic heterocycles. The molecule has 0 saturated heterocycles. The maximum atomic E-state index is 5.85. The monoisotopic (exact) mass is 1620 g/mol. The van der Waals surface area contributed by atoms with Crippen LogP contribution >= 0.6 is 178 Å². The van der Waals surface area contributed by atoms with Gasteiger partial charge in [0, 0.05) is 36.2 Å². The number of anilines is 3. The molecule has 6 N–H and O–H groups in total. The van der Waals surface area contributed by atoms with Crippen molar-refractivity contribution in [1.29, 1.82) is 0 Å². The molecule has 0 spiro atoms. The van der Waals surface area contributed by atoms with E-state index in [-0.39, 0.29) is 30.3 Å². The van der Waals surface area contributed by atoms with Gasteiger partial charge in [-0.1, -0.05) is 29.5 Å². The van der Waals surface area contributed by atoms with Gasteiger partial charge >= 0.3 is 114 Å². The van der Waals surface area contributed by atoms with E-state index in [9.17, 15) is 0 Å². The minimum absolute atomic E-state index is 0. The van der Waals surface area contributed by atoms with Crippen molar-refractivity contribution in [3.05, 3.63) is 76.0 Å². The molecule has 0 unspecified atom stereocenters. The third kappa shape index (κ3) is 22.0. The van der Waals surface area contributed by atoms with Crippen LogP contribution in [0.3, 0.4) is 0 Å². The molecule has 0 radical (unpaired) electrons. The molecular formula is C28H36Br2Cl2I6N11V2-2. The van der Waals surface area contributed by atoms with Crippen molar-refractivity contribution >= 4 is 195 Å². The van der Waals surface area contributed by atoms with Gasteiger partial charge in [0.2, 0.25) is 10.6 Å². The first-order chi connectivity index (χ1) is 23.3. The summed E-state index contributed by atoms with van der Waals surface area (Å²) in [5.74, 6) is 3.53. The fourth-order valence-corrected chi connectivity index (χ4v) is 5.09. The second kappa shape index (κ2) is 29.2. The molecular weight excluding hydrogens is 1580 g/mol. The van der Waals surface area contributed by atoms with Gasteiger partial charge in [-0.2, -0.15) is 15.1 Å². The average Bonchev–Trinajstić information content (AvgIpc) is 3.88. The van der Waals surface area contributed by atoms with E-state index in [1.54, 1.807) is 23.1 Å². The van der Waals surface area contributed by atoms with Crippen LogP contribution in [0.1, 0.15) is 80.3 Å². The first-order valence-electron chi connectivity index (χ1n) is 14.1. The SMILES string of the molecule is CCI.Nc1cc(C2CC2)nc(Cl)n1.Nc1nc(-n2cccn2)nc(C2CC2)c1Br.Nc1nc(Cl)nc(C2CC2)c1Br.[CH3-].[CH3-].[I][V]([I])[I].[I][V][I]. The average molecular weight is 1620 g/mol. The van der Waals surface area contributed by atoms with Gasteiger partial charge in [0.15, 0.2) is 0 Å². The van der Waals surface area contributed by atoms with Gasteiger partial charge in [-0.05, 0) is 104 Å². The predicted octanol–water partition coefficient (Wildman–Crippen LogP) is 12.6. The Morgan fingerprint density at radius 1 is 0.804 bits per heavy atom. The van der Waals surface area contributed by atoms with Crippen LogP contribution in [0.25, 0.3) is 5.95 Å². The van der Waals surface area contributed by atoms with E-state index in [4.69, 9.17) is 40.4 Å². The quantitative estimate of drug-likeness (QED) is 0.0772. The summed E-state index contributed by atoms with van der Waals surface area (Å²) in [6.07, 6.45) is 10.6. The number of nitrogens with zero attached hydrogens (tertiary/aromatic N) is 8. The second-order valence-corrected chi connectivity index (χ2v) is 60.9. The molecule has 0 aromatic carbocycles. The third-order valence-corrected chi connectivity index (χ3v) is 8.10. The number of aromatic nitrogens is 8. The zero-order chi connectivity index (χ0) is 36.7. The molecule has 3 aliphatic rings. The summed E-state index contributed by atoms with van der Waals surface area (Å²) in [5.41, 5.74) is 19.9. The van der Waals surface area contributed by atoms with Crippen molar-refractivity contribution < 1.29 is 14.4 Å². The van der Waals surface area contributed by atoms with E-state index < -0.39 is 0 Å². The van der Waals surface area contributed by atoms with Gasteiger partial charge < -0.3 is 32.1 Å². The van der Waals surface area contributed by atoms with Crippen molar-refractivity contribution in [2.75, 3.05) is 21.6 Å². The fraction of sp³-hybridized carbons (Fsp3) is 0.393. The van der Waals surface area contributed by atoms with E-state index in [2.05, 4.69) is 196 Å². The Kier molecular flexibility index (Phi) is 30.9. The molecule has 51 heavy (non-hydrogen) atoms. The third-order valence-electron chi connectivity index (χ3n) is 6.14. The Morgan fingerprint density at radius 3 is 1.65 bits per heavy atom. The first kappa shape index (κ1) is 53.9. The number of hydrogen-bond acceptors (Lipinski definition) is 10. The molecule has 3 aliphatic carbocycles. The summed E-state index contributed by atoms with van der Waals surface area (Å²) in [4.78, 5) is 24.2. The molecule has 0 aliphatic heterocycles. The van der Waals surface area contributed by atoms with Crippen LogP contribution in [0.4, 0.5) is 17.5 Å². The van der Waals surface area contributed by atoms with Crippen molar-refractivity contribution in [3.8, 4) is 5.95 Å². The normalized spacial score (nSPS) is 13.6. The molecule has 285 valence electrons. The second-order valence-electron chi connectivity index (χ2n) is 9.97. The van der Waals surface area contributed by atoms with Crippen molar-refractivity contribution in [2.45, 2.75) is 63.2 Å². The number of halogens is 10. The number of alkyl halides is 1. The number of hydrogen-bond donors (Lipinski definition) is 3. The Balaban J connectivity index is 0.000000647. The zero-order valence-electron chi connectivity index (χ0n) is 27.5. The zero-order valence-corrected chi connectivity index (χ0v) is 47.9. The van der Waals surface area contributed by atoms with Crippen molar-refractivity contribution in [2.24, 2.45) is 0 Å². The molecule has 3 fully saturated rings. The molecule has 3 saturated carbocycles. The molecule has 4 aromatic rings. The van der Waals surface area contributed by atoms with Gasteiger partial charge in [-0.15, -0.1) is 0 Å². The number of rotatable bonds is 4. The number of nitrogen functional groups attached to an aromatic ring is 3. The van der Waals surface area contributed by atoms with Gasteiger partial charge in [-0.25, -0.2) is 24.6 Å². The molecule has 7 rings (SSSR count). The van der Waals surface area contributed by atoms with Crippen LogP contribution < -0.4 is 17.2 Å². The Hall–Kier alpha value is 2.94. The Labute approximate surface area is 408 Å². The van der Waals surface area contributed by atoms with Gasteiger partial charge in [0.25, 0.3) is 5.95 Å². The maximum absolute atomic E-state index is 5.85. The van der Waals surface area contributed by atoms with Gasteiger partial charge in [-0.3, -0.25) is 0 Å². The van der Waals surface area contributed by atoms with Gasteiger partial charge in [0.1, 0.15) is 17.5 Å². The molecule has 0 bridgehead atoms. The van der Waals surface area contributed by atoms with E-state index >= 15 is 0 Å². The molecule has 0 amide bonds. The van der Waals surface area contributed by atoms with E-state index in [1.807, 2.05) is 6.07 Å². The van der Waals surface area contributed by atoms with E-state index in [1.165, 1.54) is 43.0 Å². The molecule has 23 heteroatoms. The summed E-state index contributed by atoms with van der Waals surface area (Å²) >= 11 is 32.5. The topological polar surface area (TPSA) is 173 Å². The first-order valence-corrected chi connectivity index (χ1v) is 40.5. The number of nitrogens with two attached hydrogens (primary N) is 3. The van der Waals surface area contributed by atoms with Crippen LogP contribution in [-0.4, -0.2) is 44.1 Å². The summed E-state index contributed by atoms with van der Waals surface area (Å²) in [6, 6.07) is 3.63. The van der Waals surface area contributed by atoms with E-state index in [0.717, 1.165) is 26.0 Å². The van der Waals surface area contributed by atoms with Crippen LogP contribution in [0.2, 0.25) is 10.6 Å². The summed E-state index contributed by atoms with van der Waals surface area (Å²) < 4.78 is 4.47.